The van der Waals surface area contributed by atoms with E-state index in [0.717, 1.165) is 12.3 Å². The van der Waals surface area contributed by atoms with Crippen molar-refractivity contribution in [1.82, 2.24) is 0 Å². The molecule has 116 valence electrons. The first-order chi connectivity index (χ1) is 10.7. The summed E-state index contributed by atoms with van der Waals surface area (Å²) in [7, 11) is 0. The second kappa shape index (κ2) is 6.87. The van der Waals surface area contributed by atoms with E-state index in [0.29, 0.717) is 6.10 Å². The van der Waals surface area contributed by atoms with Gasteiger partial charge in [-0.05, 0) is 74.4 Å². The van der Waals surface area contributed by atoms with Crippen LogP contribution in [0.5, 0.6) is 5.75 Å². The van der Waals surface area contributed by atoms with Crippen molar-refractivity contribution in [3.63, 3.8) is 0 Å². The van der Waals surface area contributed by atoms with E-state index in [4.69, 9.17) is 4.74 Å². The third kappa shape index (κ3) is 3.62. The normalized spacial score (nSPS) is 15.0. The highest BCUT2D eigenvalue weighted by Gasteiger charge is 2.16. The van der Waals surface area contributed by atoms with Gasteiger partial charge >= 0.3 is 0 Å². The molecule has 0 heterocycles. The molecule has 1 aliphatic rings. The van der Waals surface area contributed by atoms with E-state index in [9.17, 15) is 0 Å². The van der Waals surface area contributed by atoms with Gasteiger partial charge in [-0.2, -0.15) is 0 Å². The Kier molecular flexibility index (Phi) is 4.67. The Morgan fingerprint density at radius 1 is 1.00 bits per heavy atom. The molecule has 22 heavy (non-hydrogen) atoms. The highest BCUT2D eigenvalue weighted by atomic mass is 16.5. The Balaban J connectivity index is 1.57. The number of rotatable bonds is 5. The zero-order chi connectivity index (χ0) is 15.4. The van der Waals surface area contributed by atoms with Crippen LogP contribution in [0.15, 0.2) is 42.5 Å². The van der Waals surface area contributed by atoms with Gasteiger partial charge in [0.15, 0.2) is 0 Å². The molecule has 0 saturated heterocycles. The minimum atomic E-state index is 0.430. The van der Waals surface area contributed by atoms with Gasteiger partial charge in [-0.3, -0.25) is 0 Å². The summed E-state index contributed by atoms with van der Waals surface area (Å²) in [6.45, 7) is 5.15. The zero-order valence-electron chi connectivity index (χ0n) is 13.6. The summed E-state index contributed by atoms with van der Waals surface area (Å²) in [5.74, 6) is 1.00. The van der Waals surface area contributed by atoms with Crippen molar-refractivity contribution in [1.29, 1.82) is 0 Å². The molecule has 0 radical (unpaired) electrons. The molecule has 3 rings (SSSR count). The van der Waals surface area contributed by atoms with Crippen LogP contribution in [0.25, 0.3) is 0 Å². The minimum absolute atomic E-state index is 0.430. The van der Waals surface area contributed by atoms with Crippen LogP contribution in [-0.2, 0) is 6.54 Å². The number of nitrogens with one attached hydrogen (secondary N) is 1. The molecule has 0 amide bonds. The zero-order valence-corrected chi connectivity index (χ0v) is 13.6. The lowest BCUT2D eigenvalue weighted by molar-refractivity contribution is 0.210. The number of anilines is 1. The molecule has 0 unspecified atom stereocenters. The standard InChI is InChI=1S/C20H25NO/c1-15-6-5-9-20(16(15)2)21-14-17-10-12-19(13-11-17)22-18-7-3-4-8-18/h5-6,9-13,18,21H,3-4,7-8,14H2,1-2H3. The number of benzene rings is 2. The maximum Gasteiger partial charge on any atom is 0.119 e. The van der Waals surface area contributed by atoms with Gasteiger partial charge in [0, 0.05) is 12.2 Å². The van der Waals surface area contributed by atoms with Gasteiger partial charge in [-0.1, -0.05) is 24.3 Å². The summed E-state index contributed by atoms with van der Waals surface area (Å²) in [6.07, 6.45) is 5.45. The number of aryl methyl sites for hydroxylation is 1. The number of hydrogen-bond donors (Lipinski definition) is 1. The minimum Gasteiger partial charge on any atom is -0.490 e. The summed E-state index contributed by atoms with van der Waals surface area (Å²) in [6, 6.07) is 14.9. The first-order valence-corrected chi connectivity index (χ1v) is 8.28. The molecule has 0 atom stereocenters. The molecule has 1 N–H and O–H groups in total. The maximum absolute atomic E-state index is 6.01. The maximum atomic E-state index is 6.01. The van der Waals surface area contributed by atoms with Gasteiger partial charge in [-0.25, -0.2) is 0 Å². The summed E-state index contributed by atoms with van der Waals surface area (Å²) in [5.41, 5.74) is 5.14. The van der Waals surface area contributed by atoms with E-state index in [1.165, 1.54) is 48.1 Å². The fraction of sp³-hybridized carbons (Fsp3) is 0.400. The molecule has 0 bridgehead atoms. The molecule has 0 spiro atoms. The average Bonchev–Trinajstić information content (AvgIpc) is 3.03. The van der Waals surface area contributed by atoms with Crippen molar-refractivity contribution < 1.29 is 4.74 Å². The molecule has 2 nitrogen and oxygen atoms in total. The van der Waals surface area contributed by atoms with Crippen molar-refractivity contribution in [2.24, 2.45) is 0 Å². The van der Waals surface area contributed by atoms with Crippen LogP contribution < -0.4 is 10.1 Å². The largest absolute Gasteiger partial charge is 0.490 e. The molecule has 0 aromatic heterocycles. The first-order valence-electron chi connectivity index (χ1n) is 8.28. The Labute approximate surface area is 133 Å². The van der Waals surface area contributed by atoms with Gasteiger partial charge in [0.1, 0.15) is 5.75 Å². The predicted octanol–water partition coefficient (Wildman–Crippen LogP) is 5.24. The van der Waals surface area contributed by atoms with Gasteiger partial charge in [0.05, 0.1) is 6.10 Å². The Hall–Kier alpha value is -1.96. The molecule has 0 aliphatic heterocycles. The van der Waals surface area contributed by atoms with Crippen LogP contribution in [0.1, 0.15) is 42.4 Å². The van der Waals surface area contributed by atoms with Crippen LogP contribution in [-0.4, -0.2) is 6.10 Å². The lowest BCUT2D eigenvalue weighted by Gasteiger charge is -2.14. The topological polar surface area (TPSA) is 21.3 Å². The Morgan fingerprint density at radius 2 is 1.73 bits per heavy atom. The summed E-state index contributed by atoms with van der Waals surface area (Å²) >= 11 is 0. The molecule has 2 aromatic rings. The third-order valence-corrected chi connectivity index (χ3v) is 4.62. The van der Waals surface area contributed by atoms with E-state index < -0.39 is 0 Å². The van der Waals surface area contributed by atoms with Crippen LogP contribution >= 0.6 is 0 Å². The second-order valence-corrected chi connectivity index (χ2v) is 6.27. The lowest BCUT2D eigenvalue weighted by atomic mass is 10.1. The summed E-state index contributed by atoms with van der Waals surface area (Å²) < 4.78 is 6.01. The SMILES string of the molecule is Cc1cccc(NCc2ccc(OC3CCCC3)cc2)c1C. The molecule has 1 saturated carbocycles. The van der Waals surface area contributed by atoms with Crippen LogP contribution in [0.4, 0.5) is 5.69 Å². The molecule has 1 fully saturated rings. The Morgan fingerprint density at radius 3 is 2.45 bits per heavy atom. The molecule has 1 aliphatic carbocycles. The highest BCUT2D eigenvalue weighted by Crippen LogP contribution is 2.24. The van der Waals surface area contributed by atoms with Crippen molar-refractivity contribution in [3.05, 3.63) is 59.2 Å². The van der Waals surface area contributed by atoms with Crippen molar-refractivity contribution >= 4 is 5.69 Å². The number of ether oxygens (including phenoxy) is 1. The van der Waals surface area contributed by atoms with E-state index in [-0.39, 0.29) is 0 Å². The third-order valence-electron chi connectivity index (χ3n) is 4.62. The van der Waals surface area contributed by atoms with Crippen LogP contribution in [0.2, 0.25) is 0 Å². The van der Waals surface area contributed by atoms with Crippen molar-refractivity contribution in [2.75, 3.05) is 5.32 Å². The quantitative estimate of drug-likeness (QED) is 0.814. The lowest BCUT2D eigenvalue weighted by Crippen LogP contribution is -2.10. The summed E-state index contributed by atoms with van der Waals surface area (Å²) in [5, 5.41) is 3.52. The van der Waals surface area contributed by atoms with Crippen LogP contribution in [0, 0.1) is 13.8 Å². The van der Waals surface area contributed by atoms with Gasteiger partial charge in [-0.15, -0.1) is 0 Å². The fourth-order valence-electron chi connectivity index (χ4n) is 3.02. The second-order valence-electron chi connectivity index (χ2n) is 6.27. The smallest absolute Gasteiger partial charge is 0.119 e. The molecule has 2 heteroatoms. The summed E-state index contributed by atoms with van der Waals surface area (Å²) in [4.78, 5) is 0. The monoisotopic (exact) mass is 295 g/mol. The first kappa shape index (κ1) is 15.0. The van der Waals surface area contributed by atoms with E-state index in [1.54, 1.807) is 0 Å². The van der Waals surface area contributed by atoms with Gasteiger partial charge in [0.25, 0.3) is 0 Å². The molecule has 2 aromatic carbocycles. The van der Waals surface area contributed by atoms with Crippen LogP contribution in [0.3, 0.4) is 0 Å². The van der Waals surface area contributed by atoms with E-state index >= 15 is 0 Å². The van der Waals surface area contributed by atoms with E-state index in [2.05, 4.69) is 61.6 Å². The highest BCUT2D eigenvalue weighted by molar-refractivity contribution is 5.54. The molecular formula is C20H25NO. The van der Waals surface area contributed by atoms with Gasteiger partial charge < -0.3 is 10.1 Å². The predicted molar refractivity (Wildman–Crippen MR) is 92.6 cm³/mol. The molecular weight excluding hydrogens is 270 g/mol. The van der Waals surface area contributed by atoms with Gasteiger partial charge in [0.2, 0.25) is 0 Å². The number of hydrogen-bond acceptors (Lipinski definition) is 2. The average molecular weight is 295 g/mol. The Bertz CT molecular complexity index is 612. The van der Waals surface area contributed by atoms with E-state index in [1.807, 2.05) is 0 Å². The fourth-order valence-corrected chi connectivity index (χ4v) is 3.02. The van der Waals surface area contributed by atoms with Crippen molar-refractivity contribution in [3.8, 4) is 5.75 Å². The van der Waals surface area contributed by atoms with Crippen molar-refractivity contribution in [2.45, 2.75) is 52.2 Å².